The van der Waals surface area contributed by atoms with Crippen LogP contribution in [0.25, 0.3) is 0 Å². The van der Waals surface area contributed by atoms with Gasteiger partial charge in [-0.2, -0.15) is 0 Å². The van der Waals surface area contributed by atoms with Crippen LogP contribution in [0.1, 0.15) is 35.4 Å². The van der Waals surface area contributed by atoms with Crippen LogP contribution in [0.3, 0.4) is 0 Å². The summed E-state index contributed by atoms with van der Waals surface area (Å²) in [6.45, 7) is 2.00. The van der Waals surface area contributed by atoms with Crippen LogP contribution in [0.2, 0.25) is 5.02 Å². The fourth-order valence-corrected chi connectivity index (χ4v) is 1.91. The zero-order chi connectivity index (χ0) is 13.1. The van der Waals surface area contributed by atoms with E-state index in [-0.39, 0.29) is 11.7 Å². The standard InChI is InChI=1S/C12H12ClN3O2/c1-2-11(8-3-5-9(13)6-4-8)16-7-10(12(17)18)14-15-16/h3-7,11H,2H2,1H3,(H,17,18). The molecule has 0 aliphatic rings. The molecule has 0 aliphatic carbocycles. The first-order valence-corrected chi connectivity index (χ1v) is 5.90. The Labute approximate surface area is 109 Å². The van der Waals surface area contributed by atoms with Gasteiger partial charge in [0.25, 0.3) is 0 Å². The van der Waals surface area contributed by atoms with E-state index in [9.17, 15) is 4.79 Å². The average Bonchev–Trinajstić information content (AvgIpc) is 2.82. The van der Waals surface area contributed by atoms with Gasteiger partial charge in [-0.1, -0.05) is 35.9 Å². The SMILES string of the molecule is CCC(c1ccc(Cl)cc1)n1cc(C(=O)O)nn1. The van der Waals surface area contributed by atoms with Crippen molar-refractivity contribution in [2.75, 3.05) is 0 Å². The van der Waals surface area contributed by atoms with E-state index >= 15 is 0 Å². The number of halogens is 1. The lowest BCUT2D eigenvalue weighted by atomic mass is 10.1. The molecule has 5 nitrogen and oxygen atoms in total. The Bertz CT molecular complexity index is 551. The van der Waals surface area contributed by atoms with Gasteiger partial charge in [0, 0.05) is 5.02 Å². The smallest absolute Gasteiger partial charge is 0.358 e. The molecule has 2 aromatic rings. The van der Waals surface area contributed by atoms with E-state index in [0.717, 1.165) is 12.0 Å². The lowest BCUT2D eigenvalue weighted by molar-refractivity contribution is 0.0690. The zero-order valence-corrected chi connectivity index (χ0v) is 10.5. The molecule has 0 saturated heterocycles. The topological polar surface area (TPSA) is 68.0 Å². The van der Waals surface area contributed by atoms with Gasteiger partial charge in [0.1, 0.15) is 0 Å². The van der Waals surface area contributed by atoms with E-state index in [4.69, 9.17) is 16.7 Å². The number of nitrogens with zero attached hydrogens (tertiary/aromatic N) is 3. The maximum atomic E-state index is 10.8. The van der Waals surface area contributed by atoms with Gasteiger partial charge in [0.15, 0.2) is 5.69 Å². The summed E-state index contributed by atoms with van der Waals surface area (Å²) in [6, 6.07) is 7.36. The molecular formula is C12H12ClN3O2. The summed E-state index contributed by atoms with van der Waals surface area (Å²) < 4.78 is 1.56. The van der Waals surface area contributed by atoms with Crippen LogP contribution in [0.5, 0.6) is 0 Å². The Balaban J connectivity index is 2.32. The predicted molar refractivity (Wildman–Crippen MR) is 66.9 cm³/mol. The highest BCUT2D eigenvalue weighted by Crippen LogP contribution is 2.22. The molecule has 1 unspecified atom stereocenters. The van der Waals surface area contributed by atoms with E-state index in [2.05, 4.69) is 10.3 Å². The molecule has 0 aliphatic heterocycles. The highest BCUT2D eigenvalue weighted by atomic mass is 35.5. The number of hydrogen-bond acceptors (Lipinski definition) is 3. The summed E-state index contributed by atoms with van der Waals surface area (Å²) in [4.78, 5) is 10.8. The van der Waals surface area contributed by atoms with Gasteiger partial charge >= 0.3 is 5.97 Å². The van der Waals surface area contributed by atoms with Crippen LogP contribution >= 0.6 is 11.6 Å². The molecule has 1 N–H and O–H groups in total. The number of carbonyl (C=O) groups is 1. The van der Waals surface area contributed by atoms with Crippen molar-refractivity contribution >= 4 is 17.6 Å². The Morgan fingerprint density at radius 3 is 2.61 bits per heavy atom. The van der Waals surface area contributed by atoms with Crippen molar-refractivity contribution < 1.29 is 9.90 Å². The van der Waals surface area contributed by atoms with Gasteiger partial charge in [0.05, 0.1) is 12.2 Å². The monoisotopic (exact) mass is 265 g/mol. The van der Waals surface area contributed by atoms with E-state index in [1.54, 1.807) is 16.8 Å². The first-order chi connectivity index (χ1) is 8.61. The first kappa shape index (κ1) is 12.6. The quantitative estimate of drug-likeness (QED) is 0.923. The Hall–Kier alpha value is -1.88. The highest BCUT2D eigenvalue weighted by Gasteiger charge is 2.16. The summed E-state index contributed by atoms with van der Waals surface area (Å²) >= 11 is 5.84. The first-order valence-electron chi connectivity index (χ1n) is 5.52. The van der Waals surface area contributed by atoms with Crippen molar-refractivity contribution in [2.45, 2.75) is 19.4 Å². The summed E-state index contributed by atoms with van der Waals surface area (Å²) in [5.74, 6) is -1.08. The highest BCUT2D eigenvalue weighted by molar-refractivity contribution is 6.30. The van der Waals surface area contributed by atoms with Gasteiger partial charge in [-0.3, -0.25) is 0 Å². The molecule has 2 rings (SSSR count). The van der Waals surface area contributed by atoms with Crippen molar-refractivity contribution in [3.05, 3.63) is 46.7 Å². The molecular weight excluding hydrogens is 254 g/mol. The van der Waals surface area contributed by atoms with Gasteiger partial charge < -0.3 is 5.11 Å². The number of carboxylic acid groups (broad SMARTS) is 1. The molecule has 6 heteroatoms. The van der Waals surface area contributed by atoms with Crippen LogP contribution < -0.4 is 0 Å². The van der Waals surface area contributed by atoms with Crippen molar-refractivity contribution in [2.24, 2.45) is 0 Å². The van der Waals surface area contributed by atoms with Crippen LogP contribution in [0.4, 0.5) is 0 Å². The van der Waals surface area contributed by atoms with E-state index < -0.39 is 5.97 Å². The maximum Gasteiger partial charge on any atom is 0.358 e. The largest absolute Gasteiger partial charge is 0.476 e. The maximum absolute atomic E-state index is 10.8. The third kappa shape index (κ3) is 2.51. The minimum absolute atomic E-state index is 0.0390. The van der Waals surface area contributed by atoms with Gasteiger partial charge in [-0.05, 0) is 24.1 Å². The van der Waals surface area contributed by atoms with Crippen molar-refractivity contribution in [3.63, 3.8) is 0 Å². The second-order valence-corrected chi connectivity index (χ2v) is 4.30. The number of benzene rings is 1. The number of aromatic nitrogens is 3. The molecule has 1 atom stereocenters. The van der Waals surface area contributed by atoms with Gasteiger partial charge in [-0.25, -0.2) is 9.48 Å². The predicted octanol–water partition coefficient (Wildman–Crippen LogP) is 2.63. The second kappa shape index (κ2) is 5.18. The van der Waals surface area contributed by atoms with Crippen LogP contribution in [-0.2, 0) is 0 Å². The summed E-state index contributed by atoms with van der Waals surface area (Å²) in [7, 11) is 0. The second-order valence-electron chi connectivity index (χ2n) is 3.86. The van der Waals surface area contributed by atoms with Crippen LogP contribution in [-0.4, -0.2) is 26.1 Å². The summed E-state index contributed by atoms with van der Waals surface area (Å²) in [6.07, 6.45) is 2.22. The molecule has 0 radical (unpaired) electrons. The molecule has 0 saturated carbocycles. The fraction of sp³-hybridized carbons (Fsp3) is 0.250. The molecule has 18 heavy (non-hydrogen) atoms. The van der Waals surface area contributed by atoms with Crippen molar-refractivity contribution in [3.8, 4) is 0 Å². The number of aromatic carboxylic acids is 1. The Morgan fingerprint density at radius 2 is 2.11 bits per heavy atom. The van der Waals surface area contributed by atoms with Gasteiger partial charge in [0.2, 0.25) is 0 Å². The Morgan fingerprint density at radius 1 is 1.44 bits per heavy atom. The minimum Gasteiger partial charge on any atom is -0.476 e. The van der Waals surface area contributed by atoms with Crippen LogP contribution in [0.15, 0.2) is 30.5 Å². The molecule has 0 spiro atoms. The van der Waals surface area contributed by atoms with E-state index in [1.165, 1.54) is 6.20 Å². The third-order valence-corrected chi connectivity index (χ3v) is 2.94. The lowest BCUT2D eigenvalue weighted by Gasteiger charge is -2.15. The van der Waals surface area contributed by atoms with E-state index in [1.807, 2.05) is 19.1 Å². The Kier molecular flexibility index (Phi) is 3.62. The van der Waals surface area contributed by atoms with E-state index in [0.29, 0.717) is 5.02 Å². The zero-order valence-electron chi connectivity index (χ0n) is 9.75. The number of rotatable bonds is 4. The van der Waals surface area contributed by atoms with Crippen molar-refractivity contribution in [1.29, 1.82) is 0 Å². The molecule has 1 aromatic carbocycles. The fourth-order valence-electron chi connectivity index (χ4n) is 1.79. The molecule has 0 bridgehead atoms. The normalized spacial score (nSPS) is 12.3. The average molecular weight is 266 g/mol. The van der Waals surface area contributed by atoms with Crippen LogP contribution in [0, 0.1) is 0 Å². The summed E-state index contributed by atoms with van der Waals surface area (Å²) in [5.41, 5.74) is 0.964. The summed E-state index contributed by atoms with van der Waals surface area (Å²) in [5, 5.41) is 17.0. The minimum atomic E-state index is -1.08. The molecule has 0 fully saturated rings. The third-order valence-electron chi connectivity index (χ3n) is 2.69. The molecule has 0 amide bonds. The molecule has 94 valence electrons. The van der Waals surface area contributed by atoms with Crippen molar-refractivity contribution in [1.82, 2.24) is 15.0 Å². The molecule has 1 aromatic heterocycles. The molecule has 1 heterocycles. The number of hydrogen-bond donors (Lipinski definition) is 1. The number of carboxylic acids is 1. The van der Waals surface area contributed by atoms with Gasteiger partial charge in [-0.15, -0.1) is 5.10 Å². The lowest BCUT2D eigenvalue weighted by Crippen LogP contribution is -2.10.